The molecule has 0 amide bonds. The number of aryl methyl sites for hydroxylation is 2. The molecule has 3 heteroatoms. The van der Waals surface area contributed by atoms with Crippen LogP contribution >= 0.6 is 0 Å². The van der Waals surface area contributed by atoms with E-state index in [1.807, 2.05) is 18.3 Å². The van der Waals surface area contributed by atoms with Gasteiger partial charge in [-0.15, -0.1) is 0 Å². The van der Waals surface area contributed by atoms with Crippen LogP contribution in [0.25, 0.3) is 0 Å². The molecule has 1 N–H and O–H groups in total. The van der Waals surface area contributed by atoms with Gasteiger partial charge >= 0.3 is 0 Å². The lowest BCUT2D eigenvalue weighted by atomic mass is 10.0. The van der Waals surface area contributed by atoms with Gasteiger partial charge in [-0.1, -0.05) is 24.3 Å². The smallest absolute Gasteiger partial charge is 0.212 e. The van der Waals surface area contributed by atoms with Crippen molar-refractivity contribution < 1.29 is 4.74 Å². The Bertz CT molecular complexity index is 564. The Hall–Kier alpha value is -1.87. The molecule has 1 aromatic carbocycles. The van der Waals surface area contributed by atoms with Crippen LogP contribution in [0.2, 0.25) is 0 Å². The van der Waals surface area contributed by atoms with Gasteiger partial charge in [-0.3, -0.25) is 0 Å². The predicted molar refractivity (Wildman–Crippen MR) is 82.0 cm³/mol. The van der Waals surface area contributed by atoms with Gasteiger partial charge in [-0.25, -0.2) is 4.98 Å². The van der Waals surface area contributed by atoms with E-state index in [9.17, 15) is 0 Å². The molecule has 0 aliphatic rings. The van der Waals surface area contributed by atoms with Gasteiger partial charge in [0, 0.05) is 24.8 Å². The number of hydrogen-bond donors (Lipinski definition) is 1. The lowest BCUT2D eigenvalue weighted by Crippen LogP contribution is -2.18. The highest BCUT2D eigenvalue weighted by molar-refractivity contribution is 5.31. The second-order valence-electron chi connectivity index (χ2n) is 5.16. The number of methoxy groups -OCH3 is 1. The van der Waals surface area contributed by atoms with Crippen molar-refractivity contribution in [3.8, 4) is 5.88 Å². The van der Waals surface area contributed by atoms with Crippen molar-refractivity contribution in [3.63, 3.8) is 0 Å². The molecule has 0 fully saturated rings. The second kappa shape index (κ2) is 6.53. The van der Waals surface area contributed by atoms with E-state index >= 15 is 0 Å². The number of nitrogens with one attached hydrogen (secondary N) is 1. The SMILES string of the molecule is COc1ccc(CNC(C)c2ccc(C)c(C)c2)cn1. The monoisotopic (exact) mass is 270 g/mol. The van der Waals surface area contributed by atoms with Crippen molar-refractivity contribution in [2.75, 3.05) is 7.11 Å². The van der Waals surface area contributed by atoms with Crippen LogP contribution in [0.15, 0.2) is 36.5 Å². The molecule has 0 bridgehead atoms. The topological polar surface area (TPSA) is 34.1 Å². The molecule has 0 aliphatic heterocycles. The molecule has 0 saturated carbocycles. The first-order valence-corrected chi connectivity index (χ1v) is 6.89. The molecule has 1 unspecified atom stereocenters. The average Bonchev–Trinajstić information content (AvgIpc) is 2.48. The van der Waals surface area contributed by atoms with Crippen molar-refractivity contribution in [1.82, 2.24) is 10.3 Å². The molecule has 106 valence electrons. The van der Waals surface area contributed by atoms with Crippen LogP contribution in [0.5, 0.6) is 5.88 Å². The van der Waals surface area contributed by atoms with Crippen molar-refractivity contribution in [2.45, 2.75) is 33.4 Å². The minimum atomic E-state index is 0.316. The Kier molecular flexibility index (Phi) is 4.74. The largest absolute Gasteiger partial charge is 0.481 e. The summed E-state index contributed by atoms with van der Waals surface area (Å²) in [5.74, 6) is 0.649. The Morgan fingerprint density at radius 2 is 1.95 bits per heavy atom. The third-order valence-electron chi connectivity index (χ3n) is 3.65. The van der Waals surface area contributed by atoms with Crippen LogP contribution in [-0.2, 0) is 6.54 Å². The highest BCUT2D eigenvalue weighted by atomic mass is 16.5. The molecule has 0 aliphatic carbocycles. The van der Waals surface area contributed by atoms with E-state index in [0.29, 0.717) is 11.9 Å². The van der Waals surface area contributed by atoms with Crippen LogP contribution in [0.3, 0.4) is 0 Å². The number of rotatable bonds is 5. The minimum Gasteiger partial charge on any atom is -0.481 e. The van der Waals surface area contributed by atoms with E-state index in [0.717, 1.165) is 12.1 Å². The fourth-order valence-corrected chi connectivity index (χ4v) is 2.06. The maximum absolute atomic E-state index is 5.06. The number of ether oxygens (including phenoxy) is 1. The Balaban J connectivity index is 1.96. The van der Waals surface area contributed by atoms with E-state index in [1.54, 1.807) is 7.11 Å². The Labute approximate surface area is 121 Å². The van der Waals surface area contributed by atoms with Crippen LogP contribution in [-0.4, -0.2) is 12.1 Å². The third kappa shape index (κ3) is 3.58. The van der Waals surface area contributed by atoms with Gasteiger partial charge in [0.1, 0.15) is 0 Å². The first kappa shape index (κ1) is 14.5. The fourth-order valence-electron chi connectivity index (χ4n) is 2.06. The molecule has 2 aromatic rings. The predicted octanol–water partition coefficient (Wildman–Crippen LogP) is 3.56. The highest BCUT2D eigenvalue weighted by Gasteiger charge is 2.06. The summed E-state index contributed by atoms with van der Waals surface area (Å²) in [6.45, 7) is 7.27. The zero-order chi connectivity index (χ0) is 14.5. The lowest BCUT2D eigenvalue weighted by molar-refractivity contribution is 0.397. The van der Waals surface area contributed by atoms with Crippen LogP contribution < -0.4 is 10.1 Å². The van der Waals surface area contributed by atoms with Gasteiger partial charge in [0.25, 0.3) is 0 Å². The van der Waals surface area contributed by atoms with Crippen molar-refractivity contribution >= 4 is 0 Å². The molecule has 20 heavy (non-hydrogen) atoms. The van der Waals surface area contributed by atoms with Gasteiger partial charge in [-0.2, -0.15) is 0 Å². The van der Waals surface area contributed by atoms with Gasteiger partial charge in [0.05, 0.1) is 7.11 Å². The summed E-state index contributed by atoms with van der Waals surface area (Å²) in [5.41, 5.74) is 5.14. The van der Waals surface area contributed by atoms with Crippen molar-refractivity contribution in [2.24, 2.45) is 0 Å². The minimum absolute atomic E-state index is 0.316. The van der Waals surface area contributed by atoms with E-state index in [-0.39, 0.29) is 0 Å². The van der Waals surface area contributed by atoms with E-state index in [4.69, 9.17) is 4.74 Å². The Morgan fingerprint density at radius 3 is 2.55 bits per heavy atom. The summed E-state index contributed by atoms with van der Waals surface area (Å²) in [7, 11) is 1.63. The standard InChI is InChI=1S/C17H22N2O/c1-12-5-7-16(9-13(12)2)14(3)18-10-15-6-8-17(20-4)19-11-15/h5-9,11,14,18H,10H2,1-4H3. The molecule has 1 atom stereocenters. The molecule has 1 heterocycles. The number of pyridine rings is 1. The number of benzene rings is 1. The summed E-state index contributed by atoms with van der Waals surface area (Å²) in [5, 5.41) is 3.52. The maximum atomic E-state index is 5.06. The van der Waals surface area contributed by atoms with Gasteiger partial charge in [0.15, 0.2) is 0 Å². The van der Waals surface area contributed by atoms with E-state index in [2.05, 4.69) is 49.3 Å². The first-order chi connectivity index (χ1) is 9.60. The molecule has 3 nitrogen and oxygen atoms in total. The number of nitrogens with zero attached hydrogens (tertiary/aromatic N) is 1. The summed E-state index contributed by atoms with van der Waals surface area (Å²) >= 11 is 0. The second-order valence-corrected chi connectivity index (χ2v) is 5.16. The first-order valence-electron chi connectivity index (χ1n) is 6.89. The molecular formula is C17H22N2O. The van der Waals surface area contributed by atoms with Crippen LogP contribution in [0.1, 0.15) is 35.2 Å². The zero-order valence-corrected chi connectivity index (χ0v) is 12.6. The van der Waals surface area contributed by atoms with E-state index in [1.165, 1.54) is 16.7 Å². The van der Waals surface area contributed by atoms with Gasteiger partial charge < -0.3 is 10.1 Å². The fraction of sp³-hybridized carbons (Fsp3) is 0.353. The molecule has 0 saturated heterocycles. The lowest BCUT2D eigenvalue weighted by Gasteiger charge is -2.15. The Morgan fingerprint density at radius 1 is 1.15 bits per heavy atom. The highest BCUT2D eigenvalue weighted by Crippen LogP contribution is 2.17. The van der Waals surface area contributed by atoms with Crippen molar-refractivity contribution in [1.29, 1.82) is 0 Å². The number of aromatic nitrogens is 1. The summed E-state index contributed by atoms with van der Waals surface area (Å²) < 4.78 is 5.06. The molecule has 1 aromatic heterocycles. The maximum Gasteiger partial charge on any atom is 0.212 e. The van der Waals surface area contributed by atoms with Crippen molar-refractivity contribution in [3.05, 3.63) is 58.8 Å². The third-order valence-corrected chi connectivity index (χ3v) is 3.65. The van der Waals surface area contributed by atoms with Gasteiger partial charge in [-0.05, 0) is 43.0 Å². The summed E-state index contributed by atoms with van der Waals surface area (Å²) in [6.07, 6.45) is 1.85. The number of hydrogen-bond acceptors (Lipinski definition) is 3. The average molecular weight is 270 g/mol. The van der Waals surface area contributed by atoms with Gasteiger partial charge in [0.2, 0.25) is 5.88 Å². The van der Waals surface area contributed by atoms with E-state index < -0.39 is 0 Å². The molecule has 0 spiro atoms. The van der Waals surface area contributed by atoms with Crippen LogP contribution in [0.4, 0.5) is 0 Å². The summed E-state index contributed by atoms with van der Waals surface area (Å²) in [4.78, 5) is 4.21. The quantitative estimate of drug-likeness (QED) is 0.902. The normalized spacial score (nSPS) is 12.2. The van der Waals surface area contributed by atoms with Crippen LogP contribution in [0, 0.1) is 13.8 Å². The zero-order valence-electron chi connectivity index (χ0n) is 12.6. The molecule has 2 rings (SSSR count). The molecular weight excluding hydrogens is 248 g/mol. The molecule has 0 radical (unpaired) electrons. The summed E-state index contributed by atoms with van der Waals surface area (Å²) in [6, 6.07) is 10.9.